The van der Waals surface area contributed by atoms with Gasteiger partial charge in [-0.05, 0) is 37.5 Å². The minimum atomic E-state index is -0.693. The largest absolute Gasteiger partial charge is 0.493 e. The van der Waals surface area contributed by atoms with Crippen LogP contribution in [0.25, 0.3) is 0 Å². The molecule has 9 nitrogen and oxygen atoms in total. The van der Waals surface area contributed by atoms with Crippen molar-refractivity contribution in [3.63, 3.8) is 0 Å². The second-order valence-corrected chi connectivity index (χ2v) is 6.03. The lowest BCUT2D eigenvalue weighted by Crippen LogP contribution is -2.44. The van der Waals surface area contributed by atoms with Gasteiger partial charge in [0, 0.05) is 12.5 Å². The number of imide groups is 1. The van der Waals surface area contributed by atoms with E-state index in [1.165, 1.54) is 21.3 Å². The van der Waals surface area contributed by atoms with Crippen molar-refractivity contribution in [3.8, 4) is 17.2 Å². The third-order valence-electron chi connectivity index (χ3n) is 3.95. The van der Waals surface area contributed by atoms with E-state index < -0.39 is 24.5 Å². The van der Waals surface area contributed by atoms with E-state index >= 15 is 0 Å². The smallest absolute Gasteiger partial charge is 0.321 e. The summed E-state index contributed by atoms with van der Waals surface area (Å²) < 4.78 is 20.7. The summed E-state index contributed by atoms with van der Waals surface area (Å²) in [5.41, 5.74) is 0.781. The number of hydrogen-bond donors (Lipinski definition) is 2. The number of carbonyl (C=O) groups excluding carboxylic acids is 3. The SMILES string of the molecule is CC[C@@H](C)NC(=O)NC(=O)COC(=O)CCc1cc(OC)c(OC)c(OC)c1. The van der Waals surface area contributed by atoms with Gasteiger partial charge < -0.3 is 24.3 Å². The topological polar surface area (TPSA) is 112 Å². The molecule has 0 bridgehead atoms. The van der Waals surface area contributed by atoms with Gasteiger partial charge in [-0.25, -0.2) is 4.79 Å². The second kappa shape index (κ2) is 11.7. The Labute approximate surface area is 164 Å². The van der Waals surface area contributed by atoms with Crippen molar-refractivity contribution in [2.45, 2.75) is 39.2 Å². The van der Waals surface area contributed by atoms with Crippen LogP contribution in [-0.2, 0) is 20.7 Å². The Hall–Kier alpha value is -2.97. The van der Waals surface area contributed by atoms with Gasteiger partial charge in [0.25, 0.3) is 5.91 Å². The van der Waals surface area contributed by atoms with Crippen LogP contribution < -0.4 is 24.8 Å². The first kappa shape index (κ1) is 23.1. The van der Waals surface area contributed by atoms with Gasteiger partial charge in [-0.3, -0.25) is 14.9 Å². The van der Waals surface area contributed by atoms with Gasteiger partial charge in [0.05, 0.1) is 21.3 Å². The van der Waals surface area contributed by atoms with Crippen molar-refractivity contribution in [1.82, 2.24) is 10.6 Å². The summed E-state index contributed by atoms with van der Waals surface area (Å²) in [6, 6.07) is 2.79. The minimum Gasteiger partial charge on any atom is -0.493 e. The zero-order valence-electron chi connectivity index (χ0n) is 16.9. The molecule has 0 aromatic heterocycles. The number of urea groups is 1. The van der Waals surface area contributed by atoms with Gasteiger partial charge in [-0.15, -0.1) is 0 Å². The number of nitrogens with one attached hydrogen (secondary N) is 2. The third-order valence-corrected chi connectivity index (χ3v) is 3.95. The highest BCUT2D eigenvalue weighted by atomic mass is 16.5. The minimum absolute atomic E-state index is 0.0466. The van der Waals surface area contributed by atoms with Crippen LogP contribution in [-0.4, -0.2) is 51.9 Å². The summed E-state index contributed by atoms with van der Waals surface area (Å²) in [4.78, 5) is 35.0. The van der Waals surface area contributed by atoms with Crippen LogP contribution in [0.15, 0.2) is 12.1 Å². The van der Waals surface area contributed by atoms with Crippen LogP contribution in [0, 0.1) is 0 Å². The van der Waals surface area contributed by atoms with E-state index in [1.54, 1.807) is 12.1 Å². The number of rotatable bonds is 10. The zero-order chi connectivity index (χ0) is 21.1. The first-order valence-corrected chi connectivity index (χ1v) is 8.89. The molecule has 0 radical (unpaired) electrons. The van der Waals surface area contributed by atoms with Crippen LogP contribution in [0.1, 0.15) is 32.3 Å². The van der Waals surface area contributed by atoms with Gasteiger partial charge in [-0.1, -0.05) is 6.92 Å². The third kappa shape index (κ3) is 7.34. The maximum Gasteiger partial charge on any atom is 0.321 e. The summed E-state index contributed by atoms with van der Waals surface area (Å²) in [7, 11) is 4.52. The van der Waals surface area contributed by atoms with Crippen LogP contribution in [0.3, 0.4) is 0 Å². The Morgan fingerprint density at radius 3 is 2.14 bits per heavy atom. The average Bonchev–Trinajstić information content (AvgIpc) is 2.69. The standard InChI is InChI=1S/C19H28N2O7/c1-6-12(2)20-19(24)21-16(22)11-28-17(23)8-7-13-9-14(25-3)18(27-5)15(10-13)26-4/h9-10,12H,6-8,11H2,1-5H3,(H2,20,21,22,24)/t12-/m1/s1. The average molecular weight is 396 g/mol. The van der Waals surface area contributed by atoms with E-state index in [4.69, 9.17) is 18.9 Å². The Bertz CT molecular complexity index is 666. The number of methoxy groups -OCH3 is 3. The second-order valence-electron chi connectivity index (χ2n) is 6.03. The van der Waals surface area contributed by atoms with E-state index in [2.05, 4.69) is 10.6 Å². The predicted molar refractivity (Wildman–Crippen MR) is 102 cm³/mol. The number of amides is 3. The maximum atomic E-state index is 11.9. The Morgan fingerprint density at radius 2 is 1.64 bits per heavy atom. The van der Waals surface area contributed by atoms with Crippen molar-refractivity contribution in [1.29, 1.82) is 0 Å². The molecule has 0 spiro atoms. The zero-order valence-corrected chi connectivity index (χ0v) is 16.9. The quantitative estimate of drug-likeness (QED) is 0.580. The van der Waals surface area contributed by atoms with Crippen molar-refractivity contribution in [2.75, 3.05) is 27.9 Å². The number of esters is 1. The molecule has 0 heterocycles. The lowest BCUT2D eigenvalue weighted by Gasteiger charge is -2.14. The molecule has 0 aliphatic carbocycles. The normalized spacial score (nSPS) is 11.2. The van der Waals surface area contributed by atoms with E-state index in [0.29, 0.717) is 23.7 Å². The molecule has 156 valence electrons. The van der Waals surface area contributed by atoms with E-state index in [1.807, 2.05) is 13.8 Å². The Morgan fingerprint density at radius 1 is 1.04 bits per heavy atom. The molecule has 1 aromatic carbocycles. The summed E-state index contributed by atoms with van der Waals surface area (Å²) >= 11 is 0. The van der Waals surface area contributed by atoms with Gasteiger partial charge >= 0.3 is 12.0 Å². The van der Waals surface area contributed by atoms with Crippen molar-refractivity contribution in [2.24, 2.45) is 0 Å². The molecule has 0 saturated carbocycles. The molecule has 9 heteroatoms. The molecular formula is C19H28N2O7. The molecule has 0 unspecified atom stereocenters. The first-order valence-electron chi connectivity index (χ1n) is 8.89. The van der Waals surface area contributed by atoms with Crippen LogP contribution in [0.2, 0.25) is 0 Å². The number of ether oxygens (including phenoxy) is 4. The van der Waals surface area contributed by atoms with Crippen molar-refractivity contribution >= 4 is 17.9 Å². The molecule has 1 rings (SSSR count). The number of benzene rings is 1. The van der Waals surface area contributed by atoms with Gasteiger partial charge in [0.15, 0.2) is 18.1 Å². The fourth-order valence-corrected chi connectivity index (χ4v) is 2.27. The van der Waals surface area contributed by atoms with Gasteiger partial charge in [-0.2, -0.15) is 0 Å². The number of carbonyl (C=O) groups is 3. The number of aryl methyl sites for hydroxylation is 1. The fraction of sp³-hybridized carbons (Fsp3) is 0.526. The fourth-order valence-electron chi connectivity index (χ4n) is 2.27. The molecular weight excluding hydrogens is 368 g/mol. The molecule has 2 N–H and O–H groups in total. The van der Waals surface area contributed by atoms with Crippen molar-refractivity contribution in [3.05, 3.63) is 17.7 Å². The summed E-state index contributed by atoms with van der Waals surface area (Å²) in [6.07, 6.45) is 1.13. The molecule has 0 fully saturated rings. The Kier molecular flexibility index (Phi) is 9.63. The molecule has 0 aliphatic rings. The summed E-state index contributed by atoms with van der Waals surface area (Å²) in [6.45, 7) is 3.19. The summed E-state index contributed by atoms with van der Waals surface area (Å²) in [5.74, 6) is 0.172. The number of hydrogen-bond acceptors (Lipinski definition) is 7. The molecule has 1 atom stereocenters. The Balaban J connectivity index is 2.50. The molecule has 0 saturated heterocycles. The molecule has 0 aliphatic heterocycles. The van der Waals surface area contributed by atoms with E-state index in [0.717, 1.165) is 12.0 Å². The lowest BCUT2D eigenvalue weighted by atomic mass is 10.1. The van der Waals surface area contributed by atoms with Gasteiger partial charge in [0.2, 0.25) is 5.75 Å². The van der Waals surface area contributed by atoms with Gasteiger partial charge in [0.1, 0.15) is 0 Å². The summed E-state index contributed by atoms with van der Waals surface area (Å²) in [5, 5.41) is 4.68. The molecule has 28 heavy (non-hydrogen) atoms. The first-order chi connectivity index (χ1) is 13.3. The maximum absolute atomic E-state index is 11.9. The molecule has 1 aromatic rings. The highest BCUT2D eigenvalue weighted by molar-refractivity contribution is 5.95. The van der Waals surface area contributed by atoms with E-state index in [-0.39, 0.29) is 12.5 Å². The van der Waals surface area contributed by atoms with Crippen LogP contribution in [0.5, 0.6) is 17.2 Å². The van der Waals surface area contributed by atoms with E-state index in [9.17, 15) is 14.4 Å². The van der Waals surface area contributed by atoms with Crippen molar-refractivity contribution < 1.29 is 33.3 Å². The predicted octanol–water partition coefficient (Wildman–Crippen LogP) is 1.81. The molecule has 3 amide bonds. The monoisotopic (exact) mass is 396 g/mol. The lowest BCUT2D eigenvalue weighted by molar-refractivity contribution is -0.148. The highest BCUT2D eigenvalue weighted by Gasteiger charge is 2.15. The van der Waals surface area contributed by atoms with Crippen LogP contribution in [0.4, 0.5) is 4.79 Å². The van der Waals surface area contributed by atoms with Crippen LogP contribution >= 0.6 is 0 Å². The highest BCUT2D eigenvalue weighted by Crippen LogP contribution is 2.38.